The number of rotatable bonds is 4. The number of benzene rings is 1. The summed E-state index contributed by atoms with van der Waals surface area (Å²) in [6.45, 7) is 0. The van der Waals surface area contributed by atoms with E-state index in [4.69, 9.17) is 9.47 Å². The molecule has 0 aromatic heterocycles. The van der Waals surface area contributed by atoms with Gasteiger partial charge in [-0.2, -0.15) is 0 Å². The van der Waals surface area contributed by atoms with Crippen LogP contribution in [0.4, 0.5) is 4.39 Å². The zero-order valence-electron chi connectivity index (χ0n) is 9.72. The topological polar surface area (TPSA) is 38.7 Å². The molecule has 0 aliphatic heterocycles. The highest BCUT2D eigenvalue weighted by Crippen LogP contribution is 2.44. The number of hydrogen-bond donors (Lipinski definition) is 1. The fourth-order valence-electron chi connectivity index (χ4n) is 1.82. The highest BCUT2D eigenvalue weighted by atomic mass is 79.9. The summed E-state index contributed by atoms with van der Waals surface area (Å²) in [5.74, 6) is 0.413. The first kappa shape index (κ1) is 12.6. The third-order valence-corrected chi connectivity index (χ3v) is 3.56. The van der Waals surface area contributed by atoms with Gasteiger partial charge >= 0.3 is 0 Å². The van der Waals surface area contributed by atoms with Crippen molar-refractivity contribution < 1.29 is 19.0 Å². The molecule has 1 N–H and O–H groups in total. The Labute approximate surface area is 108 Å². The fourth-order valence-corrected chi connectivity index (χ4v) is 2.27. The molecule has 1 aliphatic rings. The van der Waals surface area contributed by atoms with Crippen LogP contribution < -0.4 is 9.47 Å². The van der Waals surface area contributed by atoms with Crippen LogP contribution in [0.25, 0.3) is 0 Å². The van der Waals surface area contributed by atoms with E-state index in [1.54, 1.807) is 0 Å². The molecule has 0 heterocycles. The summed E-state index contributed by atoms with van der Waals surface area (Å²) in [6, 6.07) is 1.52. The average Bonchev–Trinajstić information content (AvgIpc) is 3.02. The first-order valence-electron chi connectivity index (χ1n) is 5.32. The minimum atomic E-state index is -0.778. The number of ether oxygens (including phenoxy) is 2. The van der Waals surface area contributed by atoms with Gasteiger partial charge in [0.25, 0.3) is 0 Å². The SMILES string of the molecule is COc1cc(Br)c(F)c(CC2(O)CC2)c1OC. The molecule has 3 nitrogen and oxygen atoms in total. The van der Waals surface area contributed by atoms with E-state index in [1.807, 2.05) is 0 Å². The van der Waals surface area contributed by atoms with Crippen molar-refractivity contribution in [3.63, 3.8) is 0 Å². The second kappa shape index (κ2) is 4.46. The molecule has 0 spiro atoms. The van der Waals surface area contributed by atoms with Crippen molar-refractivity contribution in [3.05, 3.63) is 21.9 Å². The van der Waals surface area contributed by atoms with Crippen LogP contribution in [0.15, 0.2) is 10.5 Å². The maximum Gasteiger partial charge on any atom is 0.167 e. The van der Waals surface area contributed by atoms with Crippen LogP contribution in [-0.2, 0) is 6.42 Å². The van der Waals surface area contributed by atoms with Crippen LogP contribution >= 0.6 is 15.9 Å². The highest BCUT2D eigenvalue weighted by molar-refractivity contribution is 9.10. The number of aliphatic hydroxyl groups is 1. The molecule has 1 aromatic carbocycles. The molecular formula is C12H14BrFO3. The van der Waals surface area contributed by atoms with Crippen LogP contribution in [-0.4, -0.2) is 24.9 Å². The Morgan fingerprint density at radius 3 is 2.53 bits per heavy atom. The molecule has 1 aromatic rings. The van der Waals surface area contributed by atoms with Gasteiger partial charge in [-0.1, -0.05) is 0 Å². The van der Waals surface area contributed by atoms with Gasteiger partial charge in [0, 0.05) is 18.1 Å². The molecule has 0 atom stereocenters. The van der Waals surface area contributed by atoms with Gasteiger partial charge in [-0.25, -0.2) is 4.39 Å². The largest absolute Gasteiger partial charge is 0.493 e. The molecule has 1 saturated carbocycles. The van der Waals surface area contributed by atoms with E-state index >= 15 is 0 Å². The van der Waals surface area contributed by atoms with E-state index in [-0.39, 0.29) is 6.42 Å². The lowest BCUT2D eigenvalue weighted by molar-refractivity contribution is 0.148. The van der Waals surface area contributed by atoms with Crippen LogP contribution in [0.5, 0.6) is 11.5 Å². The Morgan fingerprint density at radius 2 is 2.06 bits per heavy atom. The van der Waals surface area contributed by atoms with Gasteiger partial charge in [0.15, 0.2) is 11.5 Å². The second-order valence-electron chi connectivity index (χ2n) is 4.29. The number of methoxy groups -OCH3 is 2. The summed E-state index contributed by atoms with van der Waals surface area (Å²) < 4.78 is 24.7. The van der Waals surface area contributed by atoms with Crippen LogP contribution in [0.2, 0.25) is 0 Å². The summed E-state index contributed by atoms with van der Waals surface area (Å²) in [5.41, 5.74) is -0.418. The van der Waals surface area contributed by atoms with E-state index in [1.165, 1.54) is 20.3 Å². The normalized spacial score (nSPS) is 16.8. The molecule has 17 heavy (non-hydrogen) atoms. The summed E-state index contributed by atoms with van der Waals surface area (Å²) in [6.07, 6.45) is 1.65. The van der Waals surface area contributed by atoms with Gasteiger partial charge in [0.05, 0.1) is 24.3 Å². The molecule has 5 heteroatoms. The van der Waals surface area contributed by atoms with E-state index in [9.17, 15) is 9.50 Å². The molecule has 0 saturated heterocycles. The lowest BCUT2D eigenvalue weighted by atomic mass is 10.0. The molecule has 0 amide bonds. The Kier molecular flexibility index (Phi) is 3.32. The highest BCUT2D eigenvalue weighted by Gasteiger charge is 2.42. The molecule has 2 rings (SSSR count). The van der Waals surface area contributed by atoms with Crippen molar-refractivity contribution in [2.24, 2.45) is 0 Å². The van der Waals surface area contributed by atoms with Crippen molar-refractivity contribution in [1.29, 1.82) is 0 Å². The summed E-state index contributed by atoms with van der Waals surface area (Å²) >= 11 is 3.14. The second-order valence-corrected chi connectivity index (χ2v) is 5.14. The Hall–Kier alpha value is -0.810. The third-order valence-electron chi connectivity index (χ3n) is 2.99. The third kappa shape index (κ3) is 2.40. The van der Waals surface area contributed by atoms with Gasteiger partial charge < -0.3 is 14.6 Å². The number of halogens is 2. The molecule has 1 aliphatic carbocycles. The van der Waals surface area contributed by atoms with Crippen molar-refractivity contribution in [3.8, 4) is 11.5 Å². The predicted molar refractivity (Wildman–Crippen MR) is 65.1 cm³/mol. The van der Waals surface area contributed by atoms with Gasteiger partial charge in [-0.05, 0) is 28.8 Å². The molecule has 1 fully saturated rings. The van der Waals surface area contributed by atoms with Crippen LogP contribution in [0, 0.1) is 5.82 Å². The predicted octanol–water partition coefficient (Wildman–Crippen LogP) is 2.67. The summed E-state index contributed by atoms with van der Waals surface area (Å²) in [5, 5.41) is 9.90. The molecule has 0 unspecified atom stereocenters. The lowest BCUT2D eigenvalue weighted by Gasteiger charge is -2.16. The minimum absolute atomic E-state index is 0.248. The maximum atomic E-state index is 14.0. The summed E-state index contributed by atoms with van der Waals surface area (Å²) in [4.78, 5) is 0. The Balaban J connectivity index is 2.48. The van der Waals surface area contributed by atoms with E-state index in [2.05, 4.69) is 15.9 Å². The van der Waals surface area contributed by atoms with Crippen molar-refractivity contribution >= 4 is 15.9 Å². The monoisotopic (exact) mass is 304 g/mol. The van der Waals surface area contributed by atoms with Gasteiger partial charge in [0.1, 0.15) is 5.82 Å². The molecule has 0 bridgehead atoms. The van der Waals surface area contributed by atoms with Gasteiger partial charge in [0.2, 0.25) is 0 Å². The van der Waals surface area contributed by atoms with E-state index in [0.29, 0.717) is 34.4 Å². The Bertz CT molecular complexity index is 444. The zero-order valence-corrected chi connectivity index (χ0v) is 11.3. The van der Waals surface area contributed by atoms with E-state index in [0.717, 1.165) is 0 Å². The Morgan fingerprint density at radius 1 is 1.41 bits per heavy atom. The van der Waals surface area contributed by atoms with Crippen LogP contribution in [0.1, 0.15) is 18.4 Å². The maximum absolute atomic E-state index is 14.0. The first-order chi connectivity index (χ1) is 8.00. The zero-order chi connectivity index (χ0) is 12.6. The number of hydrogen-bond acceptors (Lipinski definition) is 3. The molecular weight excluding hydrogens is 291 g/mol. The minimum Gasteiger partial charge on any atom is -0.493 e. The van der Waals surface area contributed by atoms with Gasteiger partial charge in [-0.15, -0.1) is 0 Å². The smallest absolute Gasteiger partial charge is 0.167 e. The average molecular weight is 305 g/mol. The first-order valence-corrected chi connectivity index (χ1v) is 6.11. The van der Waals surface area contributed by atoms with Crippen molar-refractivity contribution in [2.75, 3.05) is 14.2 Å². The van der Waals surface area contributed by atoms with Crippen molar-refractivity contribution in [2.45, 2.75) is 24.9 Å². The standard InChI is InChI=1S/C12H14BrFO3/c1-16-9-5-8(13)10(14)7(11(9)17-2)6-12(15)3-4-12/h5,15H,3-4,6H2,1-2H3. The van der Waals surface area contributed by atoms with E-state index < -0.39 is 11.4 Å². The van der Waals surface area contributed by atoms with Crippen LogP contribution in [0.3, 0.4) is 0 Å². The molecule has 0 radical (unpaired) electrons. The van der Waals surface area contributed by atoms with Crippen molar-refractivity contribution in [1.82, 2.24) is 0 Å². The lowest BCUT2D eigenvalue weighted by Crippen LogP contribution is -2.14. The van der Waals surface area contributed by atoms with Gasteiger partial charge in [-0.3, -0.25) is 0 Å². The fraction of sp³-hybridized carbons (Fsp3) is 0.500. The summed E-state index contributed by atoms with van der Waals surface area (Å²) in [7, 11) is 2.96. The quantitative estimate of drug-likeness (QED) is 0.929. The molecule has 94 valence electrons.